The summed E-state index contributed by atoms with van der Waals surface area (Å²) in [4.78, 5) is 30.3. The Morgan fingerprint density at radius 1 is 1.17 bits per heavy atom. The molecule has 0 spiro atoms. The maximum atomic E-state index is 12.0. The van der Waals surface area contributed by atoms with Gasteiger partial charge in [0.05, 0.1) is 11.2 Å². The molecule has 120 valence electrons. The van der Waals surface area contributed by atoms with Crippen molar-refractivity contribution < 1.29 is 14.3 Å². The molecule has 1 fully saturated rings. The van der Waals surface area contributed by atoms with E-state index >= 15 is 0 Å². The van der Waals surface area contributed by atoms with E-state index in [4.69, 9.17) is 4.74 Å². The third kappa shape index (κ3) is 4.16. The number of carbonyl (C=O) groups is 2. The molecule has 1 aromatic carbocycles. The summed E-state index contributed by atoms with van der Waals surface area (Å²) in [6.07, 6.45) is 4.26. The first-order valence-corrected chi connectivity index (χ1v) is 8.47. The number of ether oxygens (including phenoxy) is 1. The molecule has 1 amide bonds. The van der Waals surface area contributed by atoms with E-state index in [2.05, 4.69) is 4.98 Å². The van der Waals surface area contributed by atoms with Crippen LogP contribution in [0.25, 0.3) is 0 Å². The predicted octanol–water partition coefficient (Wildman–Crippen LogP) is 2.51. The van der Waals surface area contributed by atoms with Crippen LogP contribution in [0.3, 0.4) is 0 Å². The molecule has 0 atom stereocenters. The van der Waals surface area contributed by atoms with Crippen molar-refractivity contribution in [3.63, 3.8) is 0 Å². The molecule has 0 N–H and O–H groups in total. The van der Waals surface area contributed by atoms with Crippen LogP contribution >= 0.6 is 11.3 Å². The summed E-state index contributed by atoms with van der Waals surface area (Å²) >= 11 is 1.31. The highest BCUT2D eigenvalue weighted by atomic mass is 32.1. The lowest BCUT2D eigenvalue weighted by Crippen LogP contribution is -2.31. The normalized spacial score (nSPS) is 14.0. The summed E-state index contributed by atoms with van der Waals surface area (Å²) in [6.45, 7) is 1.33. The van der Waals surface area contributed by atoms with Crippen LogP contribution in [0.2, 0.25) is 0 Å². The van der Waals surface area contributed by atoms with Gasteiger partial charge in [0.15, 0.2) is 6.61 Å². The van der Waals surface area contributed by atoms with E-state index in [0.717, 1.165) is 36.5 Å². The molecule has 0 radical (unpaired) electrons. The monoisotopic (exact) mass is 330 g/mol. The van der Waals surface area contributed by atoms with Crippen LogP contribution in [0.15, 0.2) is 36.5 Å². The fourth-order valence-electron chi connectivity index (χ4n) is 2.51. The number of rotatable bonds is 5. The molecule has 23 heavy (non-hydrogen) atoms. The summed E-state index contributed by atoms with van der Waals surface area (Å²) in [5.41, 5.74) is 1.14. The van der Waals surface area contributed by atoms with Crippen molar-refractivity contribution >= 4 is 23.2 Å². The molecule has 6 heteroatoms. The van der Waals surface area contributed by atoms with Crippen molar-refractivity contribution in [1.82, 2.24) is 9.88 Å². The first-order valence-electron chi connectivity index (χ1n) is 7.66. The van der Waals surface area contributed by atoms with Gasteiger partial charge in [-0.1, -0.05) is 30.3 Å². The van der Waals surface area contributed by atoms with Crippen molar-refractivity contribution in [3.8, 4) is 0 Å². The SMILES string of the molecule is O=C(OCC(=O)N1CCCC1)c1cnc(Cc2ccccc2)s1. The number of likely N-dealkylation sites (tertiary alicyclic amines) is 1. The molecule has 3 rings (SSSR count). The Bertz CT molecular complexity index is 678. The van der Waals surface area contributed by atoms with E-state index < -0.39 is 5.97 Å². The number of hydrogen-bond donors (Lipinski definition) is 0. The molecule has 1 aliphatic rings. The second kappa shape index (κ2) is 7.37. The molecular weight excluding hydrogens is 312 g/mol. The molecule has 5 nitrogen and oxygen atoms in total. The number of hydrogen-bond acceptors (Lipinski definition) is 5. The Morgan fingerprint density at radius 3 is 2.65 bits per heavy atom. The molecule has 2 heterocycles. The van der Waals surface area contributed by atoms with Crippen LogP contribution < -0.4 is 0 Å². The standard InChI is InChI=1S/C17H18N2O3S/c20-16(19-8-4-5-9-19)12-22-17(21)14-11-18-15(23-14)10-13-6-2-1-3-7-13/h1-3,6-7,11H,4-5,8-10,12H2. The summed E-state index contributed by atoms with van der Waals surface area (Å²) < 4.78 is 5.11. The molecule has 1 saturated heterocycles. The highest BCUT2D eigenvalue weighted by molar-refractivity contribution is 7.13. The molecule has 2 aromatic rings. The van der Waals surface area contributed by atoms with Crippen LogP contribution in [-0.2, 0) is 16.0 Å². The number of esters is 1. The van der Waals surface area contributed by atoms with Crippen molar-refractivity contribution in [1.29, 1.82) is 0 Å². The minimum absolute atomic E-state index is 0.120. The number of thiazole rings is 1. The zero-order valence-corrected chi connectivity index (χ0v) is 13.6. The maximum Gasteiger partial charge on any atom is 0.350 e. The van der Waals surface area contributed by atoms with Crippen LogP contribution in [0.1, 0.15) is 33.1 Å². The Hall–Kier alpha value is -2.21. The van der Waals surface area contributed by atoms with Gasteiger partial charge in [0.1, 0.15) is 4.88 Å². The molecule has 0 unspecified atom stereocenters. The lowest BCUT2D eigenvalue weighted by Gasteiger charge is -2.14. The third-order valence-electron chi connectivity index (χ3n) is 3.74. The van der Waals surface area contributed by atoms with Gasteiger partial charge in [0, 0.05) is 19.5 Å². The van der Waals surface area contributed by atoms with E-state index in [1.54, 1.807) is 4.90 Å². The Labute approximate surface area is 138 Å². The number of carbonyl (C=O) groups excluding carboxylic acids is 2. The first kappa shape index (κ1) is 15.7. The topological polar surface area (TPSA) is 59.5 Å². The minimum Gasteiger partial charge on any atom is -0.451 e. The van der Waals surface area contributed by atoms with Gasteiger partial charge in [-0.15, -0.1) is 11.3 Å². The summed E-state index contributed by atoms with van der Waals surface area (Å²) in [5.74, 6) is -0.598. The zero-order chi connectivity index (χ0) is 16.1. The smallest absolute Gasteiger partial charge is 0.350 e. The zero-order valence-electron chi connectivity index (χ0n) is 12.7. The molecule has 1 aliphatic heterocycles. The Balaban J connectivity index is 1.53. The number of nitrogens with zero attached hydrogens (tertiary/aromatic N) is 2. The number of aromatic nitrogens is 1. The second-order valence-electron chi connectivity index (χ2n) is 5.44. The van der Waals surface area contributed by atoms with Gasteiger partial charge >= 0.3 is 5.97 Å². The fourth-order valence-corrected chi connectivity index (χ4v) is 3.36. The highest BCUT2D eigenvalue weighted by Gasteiger charge is 2.20. The van der Waals surface area contributed by atoms with Crippen molar-refractivity contribution in [3.05, 3.63) is 52.0 Å². The van der Waals surface area contributed by atoms with E-state index in [0.29, 0.717) is 11.3 Å². The fraction of sp³-hybridized carbons (Fsp3) is 0.353. The molecule has 0 bridgehead atoms. The highest BCUT2D eigenvalue weighted by Crippen LogP contribution is 2.18. The largest absolute Gasteiger partial charge is 0.451 e. The third-order valence-corrected chi connectivity index (χ3v) is 4.72. The van der Waals surface area contributed by atoms with Crippen molar-refractivity contribution in [2.24, 2.45) is 0 Å². The average molecular weight is 330 g/mol. The van der Waals surface area contributed by atoms with Crippen molar-refractivity contribution in [2.75, 3.05) is 19.7 Å². The number of benzene rings is 1. The van der Waals surface area contributed by atoms with Gasteiger partial charge in [-0.2, -0.15) is 0 Å². The van der Waals surface area contributed by atoms with Gasteiger partial charge in [-0.05, 0) is 18.4 Å². The summed E-state index contributed by atoms with van der Waals surface area (Å²) in [6, 6.07) is 9.96. The predicted molar refractivity (Wildman–Crippen MR) is 87.5 cm³/mol. The summed E-state index contributed by atoms with van der Waals surface area (Å²) in [5, 5.41) is 0.856. The van der Waals surface area contributed by atoms with Crippen LogP contribution in [-0.4, -0.2) is 41.5 Å². The lowest BCUT2D eigenvalue weighted by molar-refractivity contribution is -0.133. The number of amides is 1. The summed E-state index contributed by atoms with van der Waals surface area (Å²) in [7, 11) is 0. The van der Waals surface area contributed by atoms with E-state index in [-0.39, 0.29) is 12.5 Å². The van der Waals surface area contributed by atoms with Crippen molar-refractivity contribution in [2.45, 2.75) is 19.3 Å². The van der Waals surface area contributed by atoms with Gasteiger partial charge in [0.2, 0.25) is 0 Å². The molecule has 1 aromatic heterocycles. The van der Waals surface area contributed by atoms with Gasteiger partial charge in [-0.3, -0.25) is 4.79 Å². The van der Waals surface area contributed by atoms with Crippen LogP contribution in [0, 0.1) is 0 Å². The maximum absolute atomic E-state index is 12.0. The average Bonchev–Trinajstić information content (AvgIpc) is 3.25. The van der Waals surface area contributed by atoms with Gasteiger partial charge < -0.3 is 9.64 Å². The van der Waals surface area contributed by atoms with E-state index in [1.807, 2.05) is 30.3 Å². The second-order valence-corrected chi connectivity index (χ2v) is 6.56. The molecular formula is C17H18N2O3S. The quantitative estimate of drug-likeness (QED) is 0.791. The Morgan fingerprint density at radius 2 is 1.91 bits per heavy atom. The lowest BCUT2D eigenvalue weighted by atomic mass is 10.2. The van der Waals surface area contributed by atoms with E-state index in [9.17, 15) is 9.59 Å². The first-order chi connectivity index (χ1) is 11.2. The molecule has 0 aliphatic carbocycles. The minimum atomic E-state index is -0.477. The van der Waals surface area contributed by atoms with Crippen LogP contribution in [0.5, 0.6) is 0 Å². The van der Waals surface area contributed by atoms with E-state index in [1.165, 1.54) is 17.5 Å². The Kier molecular flexibility index (Phi) is 5.02. The van der Waals surface area contributed by atoms with Gasteiger partial charge in [0.25, 0.3) is 5.91 Å². The van der Waals surface area contributed by atoms with Crippen LogP contribution in [0.4, 0.5) is 0 Å². The molecule has 0 saturated carbocycles. The van der Waals surface area contributed by atoms with Gasteiger partial charge in [-0.25, -0.2) is 9.78 Å².